The van der Waals surface area contributed by atoms with E-state index < -0.39 is 0 Å². The van der Waals surface area contributed by atoms with Crippen molar-refractivity contribution in [3.8, 4) is 44.8 Å². The summed E-state index contributed by atoms with van der Waals surface area (Å²) in [6.45, 7) is 0. The molecule has 0 atom stereocenters. The topological polar surface area (TPSA) is 51.6 Å². The average molecular weight is 661 g/mol. The van der Waals surface area contributed by atoms with Crippen LogP contribution in [0.3, 0.4) is 0 Å². The second kappa shape index (κ2) is 11.2. The molecule has 0 radical (unpaired) electrons. The van der Waals surface area contributed by atoms with Gasteiger partial charge < -0.3 is 0 Å². The average Bonchev–Trinajstić information content (AvgIpc) is 3.22. The molecule has 0 saturated carbocycles. The first-order valence-electron chi connectivity index (χ1n) is 17.5. The largest absolute Gasteiger partial charge is 0.253 e. The van der Waals surface area contributed by atoms with Gasteiger partial charge in [-0.3, -0.25) is 9.97 Å². The first-order chi connectivity index (χ1) is 25.7. The minimum atomic E-state index is 0.879. The molecule has 0 unspecified atom stereocenters. The monoisotopic (exact) mass is 660 g/mol. The van der Waals surface area contributed by atoms with Crippen molar-refractivity contribution < 1.29 is 0 Å². The molecule has 0 fully saturated rings. The maximum atomic E-state index is 5.23. The van der Waals surface area contributed by atoms with Gasteiger partial charge in [-0.05, 0) is 84.9 Å². The zero-order valence-corrected chi connectivity index (χ0v) is 28.0. The van der Waals surface area contributed by atoms with Gasteiger partial charge in [-0.25, -0.2) is 9.97 Å². The Balaban J connectivity index is 0.971. The summed E-state index contributed by atoms with van der Waals surface area (Å²) in [5, 5.41) is 9.93. The summed E-state index contributed by atoms with van der Waals surface area (Å²) in [7, 11) is 0. The van der Waals surface area contributed by atoms with Gasteiger partial charge in [0.25, 0.3) is 0 Å². The lowest BCUT2D eigenvalue weighted by atomic mass is 9.89. The van der Waals surface area contributed by atoms with Crippen molar-refractivity contribution in [1.82, 2.24) is 19.9 Å². The third kappa shape index (κ3) is 4.55. The van der Waals surface area contributed by atoms with Crippen molar-refractivity contribution in [3.63, 3.8) is 0 Å². The minimum Gasteiger partial charge on any atom is -0.253 e. The van der Waals surface area contributed by atoms with Crippen LogP contribution in [-0.4, -0.2) is 19.9 Å². The standard InChI is InChI=1S/C48H28N4/c1-3-31-11-12-33-15-20-39(40-21-16-32(4-1)45(31)46(33)40)29-7-9-30(10-8-29)41-22-17-34-13-14-35-18-23-42(52-48(35)47(34)51-41)38-6-2-5-36(27-38)37-19-24-43-44(28-37)50-26-25-49-43/h1-28H. The zero-order chi connectivity index (χ0) is 34.2. The fourth-order valence-corrected chi connectivity index (χ4v) is 7.90. The lowest BCUT2D eigenvalue weighted by Crippen LogP contribution is -1.91. The minimum absolute atomic E-state index is 0.879. The van der Waals surface area contributed by atoms with Gasteiger partial charge in [0.15, 0.2) is 0 Å². The van der Waals surface area contributed by atoms with Gasteiger partial charge in [-0.15, -0.1) is 0 Å². The van der Waals surface area contributed by atoms with Crippen molar-refractivity contribution in [1.29, 1.82) is 0 Å². The SMILES string of the molecule is c1cc(-c2ccc3nccnc3c2)cc(-c2ccc3ccc4ccc(-c5ccc(-c6ccc7ccc8cccc9ccc6c7c89)cc5)nc4c3n2)c1. The van der Waals surface area contributed by atoms with Gasteiger partial charge in [0.05, 0.1) is 33.5 Å². The van der Waals surface area contributed by atoms with Crippen LogP contribution in [-0.2, 0) is 0 Å². The molecule has 240 valence electrons. The van der Waals surface area contributed by atoms with Crippen molar-refractivity contribution in [2.75, 3.05) is 0 Å². The number of hydrogen-bond acceptors (Lipinski definition) is 4. The Morgan fingerprint density at radius 3 is 1.63 bits per heavy atom. The third-order valence-corrected chi connectivity index (χ3v) is 10.5. The predicted molar refractivity (Wildman–Crippen MR) is 216 cm³/mol. The van der Waals surface area contributed by atoms with E-state index >= 15 is 0 Å². The lowest BCUT2D eigenvalue weighted by molar-refractivity contribution is 1.29. The Hall–Kier alpha value is -7.04. The molecule has 3 heterocycles. The summed E-state index contributed by atoms with van der Waals surface area (Å²) in [4.78, 5) is 19.4. The molecule has 0 aliphatic heterocycles. The lowest BCUT2D eigenvalue weighted by Gasteiger charge is -2.14. The Bertz CT molecular complexity index is 3170. The summed E-state index contributed by atoms with van der Waals surface area (Å²) < 4.78 is 0. The third-order valence-electron chi connectivity index (χ3n) is 10.5. The van der Waals surface area contributed by atoms with Crippen LogP contribution >= 0.6 is 0 Å². The molecule has 0 aliphatic rings. The Kier molecular flexibility index (Phi) is 6.22. The number of nitrogens with zero attached hydrogens (tertiary/aromatic N) is 4. The van der Waals surface area contributed by atoms with E-state index in [0.717, 1.165) is 66.5 Å². The normalized spacial score (nSPS) is 11.8. The molecule has 0 bridgehead atoms. The summed E-state index contributed by atoms with van der Waals surface area (Å²) in [5.41, 5.74) is 12.2. The number of fused-ring (bicyclic) bond motifs is 4. The molecular weight excluding hydrogens is 633 g/mol. The maximum absolute atomic E-state index is 5.23. The molecule has 3 aromatic heterocycles. The molecule has 0 saturated heterocycles. The number of benzene rings is 8. The van der Waals surface area contributed by atoms with E-state index in [1.54, 1.807) is 12.4 Å². The van der Waals surface area contributed by atoms with E-state index in [1.165, 1.54) is 43.4 Å². The van der Waals surface area contributed by atoms with Crippen LogP contribution in [0.15, 0.2) is 170 Å². The van der Waals surface area contributed by atoms with Gasteiger partial charge >= 0.3 is 0 Å². The van der Waals surface area contributed by atoms with Crippen molar-refractivity contribution in [3.05, 3.63) is 170 Å². The van der Waals surface area contributed by atoms with Gasteiger partial charge in [0.1, 0.15) is 0 Å². The molecule has 4 heteroatoms. The van der Waals surface area contributed by atoms with E-state index in [2.05, 4.69) is 162 Å². The van der Waals surface area contributed by atoms with Gasteiger partial charge in [0.2, 0.25) is 0 Å². The van der Waals surface area contributed by atoms with Gasteiger partial charge in [0, 0.05) is 34.3 Å². The van der Waals surface area contributed by atoms with E-state index in [1.807, 2.05) is 6.07 Å². The number of aromatic nitrogens is 4. The second-order valence-electron chi connectivity index (χ2n) is 13.5. The van der Waals surface area contributed by atoms with Gasteiger partial charge in [-0.2, -0.15) is 0 Å². The first kappa shape index (κ1) is 28.8. The van der Waals surface area contributed by atoms with Crippen LogP contribution in [0.4, 0.5) is 0 Å². The van der Waals surface area contributed by atoms with Crippen molar-refractivity contribution in [2.24, 2.45) is 0 Å². The fraction of sp³-hybridized carbons (Fsp3) is 0. The predicted octanol–water partition coefficient (Wildman–Crippen LogP) is 12.3. The highest BCUT2D eigenvalue weighted by Gasteiger charge is 2.14. The van der Waals surface area contributed by atoms with E-state index in [0.29, 0.717) is 0 Å². The molecule has 0 aliphatic carbocycles. The quantitative estimate of drug-likeness (QED) is 0.176. The molecular formula is C48H28N4. The Morgan fingerprint density at radius 1 is 0.327 bits per heavy atom. The van der Waals surface area contributed by atoms with Crippen LogP contribution in [0.2, 0.25) is 0 Å². The van der Waals surface area contributed by atoms with Gasteiger partial charge in [-0.1, -0.05) is 127 Å². The molecule has 0 spiro atoms. The molecule has 52 heavy (non-hydrogen) atoms. The van der Waals surface area contributed by atoms with Crippen molar-refractivity contribution >= 4 is 65.2 Å². The number of pyridine rings is 2. The van der Waals surface area contributed by atoms with E-state index in [4.69, 9.17) is 9.97 Å². The van der Waals surface area contributed by atoms with E-state index in [-0.39, 0.29) is 0 Å². The van der Waals surface area contributed by atoms with Crippen LogP contribution in [0.5, 0.6) is 0 Å². The van der Waals surface area contributed by atoms with Crippen molar-refractivity contribution in [2.45, 2.75) is 0 Å². The van der Waals surface area contributed by atoms with E-state index in [9.17, 15) is 0 Å². The van der Waals surface area contributed by atoms with Crippen LogP contribution < -0.4 is 0 Å². The fourth-order valence-electron chi connectivity index (χ4n) is 7.90. The highest BCUT2D eigenvalue weighted by molar-refractivity contribution is 6.25. The number of hydrogen-bond donors (Lipinski definition) is 0. The Labute approximate surface area is 299 Å². The molecule has 0 amide bonds. The highest BCUT2D eigenvalue weighted by Crippen LogP contribution is 2.40. The van der Waals surface area contributed by atoms with Crippen LogP contribution in [0, 0.1) is 0 Å². The second-order valence-corrected chi connectivity index (χ2v) is 13.5. The molecule has 11 aromatic rings. The summed E-state index contributed by atoms with van der Waals surface area (Å²) in [5.74, 6) is 0. The maximum Gasteiger partial charge on any atom is 0.0972 e. The molecule has 8 aromatic carbocycles. The molecule has 4 nitrogen and oxygen atoms in total. The molecule has 11 rings (SSSR count). The molecule has 0 N–H and O–H groups in total. The summed E-state index contributed by atoms with van der Waals surface area (Å²) in [6.07, 6.45) is 3.45. The van der Waals surface area contributed by atoms with Crippen LogP contribution in [0.25, 0.3) is 110 Å². The smallest absolute Gasteiger partial charge is 0.0972 e. The number of rotatable bonds is 4. The Morgan fingerprint density at radius 2 is 0.865 bits per heavy atom. The first-order valence-corrected chi connectivity index (χ1v) is 17.5. The summed E-state index contributed by atoms with van der Waals surface area (Å²) >= 11 is 0. The zero-order valence-electron chi connectivity index (χ0n) is 28.0. The highest BCUT2D eigenvalue weighted by atomic mass is 14.8. The van der Waals surface area contributed by atoms with Crippen LogP contribution in [0.1, 0.15) is 0 Å². The summed E-state index contributed by atoms with van der Waals surface area (Å²) in [6, 6.07) is 56.4.